The molecule has 2 aromatic carbocycles. The summed E-state index contributed by atoms with van der Waals surface area (Å²) in [6.07, 6.45) is 1.80. The van der Waals surface area contributed by atoms with E-state index >= 15 is 0 Å². The molecule has 0 aliphatic carbocycles. The van der Waals surface area contributed by atoms with Crippen LogP contribution in [0.4, 0.5) is 0 Å². The number of halogens is 1. The van der Waals surface area contributed by atoms with Crippen LogP contribution in [-0.2, 0) is 12.8 Å². The van der Waals surface area contributed by atoms with Crippen LogP contribution in [0.5, 0.6) is 0 Å². The van der Waals surface area contributed by atoms with E-state index < -0.39 is 0 Å². The fourth-order valence-electron chi connectivity index (χ4n) is 2.64. The van der Waals surface area contributed by atoms with E-state index in [1.807, 2.05) is 54.1 Å². The minimum Gasteiger partial charge on any atom is -0.305 e. The molecule has 0 saturated carbocycles. The van der Waals surface area contributed by atoms with Crippen LogP contribution < -0.4 is 0 Å². The van der Waals surface area contributed by atoms with Crippen molar-refractivity contribution in [1.29, 1.82) is 0 Å². The first-order valence-corrected chi connectivity index (χ1v) is 9.19. The molecule has 2 aromatic heterocycles. The first-order valence-electron chi connectivity index (χ1n) is 7.82. The largest absolute Gasteiger partial charge is 0.305 e. The van der Waals surface area contributed by atoms with Crippen molar-refractivity contribution >= 4 is 34.3 Å². The van der Waals surface area contributed by atoms with E-state index in [2.05, 4.69) is 27.3 Å². The van der Waals surface area contributed by atoms with Gasteiger partial charge in [-0.25, -0.2) is 0 Å². The molecule has 0 amide bonds. The Morgan fingerprint density at radius 3 is 2.72 bits per heavy atom. The topological polar surface area (TPSA) is 43.6 Å². The molecular formula is C19H15ClN4S. The van der Waals surface area contributed by atoms with E-state index in [1.165, 1.54) is 5.56 Å². The van der Waals surface area contributed by atoms with Gasteiger partial charge in [-0.05, 0) is 42.0 Å². The lowest BCUT2D eigenvalue weighted by atomic mass is 10.1. The summed E-state index contributed by atoms with van der Waals surface area (Å²) in [5, 5.41) is 11.4. The summed E-state index contributed by atoms with van der Waals surface area (Å²) in [6.45, 7) is 0. The maximum Gasteiger partial charge on any atom is 0.191 e. The number of aromatic nitrogens is 4. The Balaban J connectivity index is 1.58. The summed E-state index contributed by atoms with van der Waals surface area (Å²) in [4.78, 5) is 4.36. The van der Waals surface area contributed by atoms with Crippen molar-refractivity contribution in [3.8, 4) is 11.4 Å². The van der Waals surface area contributed by atoms with Gasteiger partial charge in [0.15, 0.2) is 11.0 Å². The maximum atomic E-state index is 5.93. The summed E-state index contributed by atoms with van der Waals surface area (Å²) in [5.74, 6) is 1.68. The van der Waals surface area contributed by atoms with Crippen molar-refractivity contribution in [2.75, 3.05) is 0 Å². The monoisotopic (exact) mass is 366 g/mol. The van der Waals surface area contributed by atoms with E-state index in [0.717, 1.165) is 38.2 Å². The van der Waals surface area contributed by atoms with Gasteiger partial charge in [0.25, 0.3) is 0 Å². The molecule has 0 atom stereocenters. The van der Waals surface area contributed by atoms with Crippen molar-refractivity contribution in [3.05, 3.63) is 71.4 Å². The number of fused-ring (bicyclic) bond motifs is 1. The summed E-state index contributed by atoms with van der Waals surface area (Å²) in [5.41, 5.74) is 3.22. The van der Waals surface area contributed by atoms with Gasteiger partial charge in [0, 0.05) is 35.0 Å². The number of hydrogen-bond acceptors (Lipinski definition) is 4. The summed E-state index contributed by atoms with van der Waals surface area (Å²) in [7, 11) is 1.99. The van der Waals surface area contributed by atoms with Crippen LogP contribution in [0.1, 0.15) is 5.56 Å². The Morgan fingerprint density at radius 2 is 1.88 bits per heavy atom. The van der Waals surface area contributed by atoms with Gasteiger partial charge in [-0.2, -0.15) is 0 Å². The van der Waals surface area contributed by atoms with E-state index in [0.29, 0.717) is 0 Å². The fourth-order valence-corrected chi connectivity index (χ4v) is 3.63. The highest BCUT2D eigenvalue weighted by molar-refractivity contribution is 7.98. The van der Waals surface area contributed by atoms with E-state index in [1.54, 1.807) is 18.0 Å². The van der Waals surface area contributed by atoms with Gasteiger partial charge in [0.05, 0.1) is 5.52 Å². The van der Waals surface area contributed by atoms with E-state index in [9.17, 15) is 0 Å². The molecule has 0 aliphatic heterocycles. The molecule has 6 heteroatoms. The van der Waals surface area contributed by atoms with Crippen LogP contribution in [0.2, 0.25) is 5.02 Å². The van der Waals surface area contributed by atoms with Gasteiger partial charge in [-0.3, -0.25) is 4.98 Å². The SMILES string of the molecule is Cn1c(SCc2ccc(Cl)cc2)nnc1-c1ccc2ncccc2c1. The molecule has 0 unspecified atom stereocenters. The van der Waals surface area contributed by atoms with Gasteiger partial charge in [0.1, 0.15) is 0 Å². The third kappa shape index (κ3) is 3.38. The predicted molar refractivity (Wildman–Crippen MR) is 103 cm³/mol. The van der Waals surface area contributed by atoms with Crippen molar-refractivity contribution in [1.82, 2.24) is 19.7 Å². The van der Waals surface area contributed by atoms with Gasteiger partial charge in [-0.1, -0.05) is 41.6 Å². The average Bonchev–Trinajstić information content (AvgIpc) is 3.01. The minimum absolute atomic E-state index is 0.750. The highest BCUT2D eigenvalue weighted by atomic mass is 35.5. The van der Waals surface area contributed by atoms with Crippen molar-refractivity contribution in [3.63, 3.8) is 0 Å². The Labute approximate surface area is 154 Å². The molecule has 4 nitrogen and oxygen atoms in total. The zero-order valence-corrected chi connectivity index (χ0v) is 15.1. The van der Waals surface area contributed by atoms with Crippen molar-refractivity contribution < 1.29 is 0 Å². The average molecular weight is 367 g/mol. The third-order valence-electron chi connectivity index (χ3n) is 3.98. The fraction of sp³-hybridized carbons (Fsp3) is 0.105. The quantitative estimate of drug-likeness (QED) is 0.478. The van der Waals surface area contributed by atoms with Gasteiger partial charge in [0.2, 0.25) is 0 Å². The Hall–Kier alpha value is -2.37. The molecule has 0 spiro atoms. The molecule has 0 N–H and O–H groups in total. The third-order valence-corrected chi connectivity index (χ3v) is 5.32. The van der Waals surface area contributed by atoms with E-state index in [-0.39, 0.29) is 0 Å². The van der Waals surface area contributed by atoms with Crippen molar-refractivity contribution in [2.45, 2.75) is 10.9 Å². The summed E-state index contributed by atoms with van der Waals surface area (Å²) in [6, 6.07) is 18.0. The molecule has 4 aromatic rings. The number of hydrogen-bond donors (Lipinski definition) is 0. The highest BCUT2D eigenvalue weighted by Crippen LogP contribution is 2.27. The number of nitrogens with zero attached hydrogens (tertiary/aromatic N) is 4. The van der Waals surface area contributed by atoms with Gasteiger partial charge < -0.3 is 4.57 Å². The van der Waals surface area contributed by atoms with E-state index in [4.69, 9.17) is 11.6 Å². The zero-order valence-electron chi connectivity index (χ0n) is 13.6. The smallest absolute Gasteiger partial charge is 0.191 e. The van der Waals surface area contributed by atoms with Gasteiger partial charge >= 0.3 is 0 Å². The lowest BCUT2D eigenvalue weighted by Crippen LogP contribution is -1.95. The number of thioether (sulfide) groups is 1. The van der Waals surface area contributed by atoms with Crippen LogP contribution in [-0.4, -0.2) is 19.7 Å². The molecule has 0 bridgehead atoms. The molecule has 124 valence electrons. The Kier molecular flexibility index (Phi) is 4.42. The molecule has 2 heterocycles. The standard InChI is InChI=1S/C19H15ClN4S/c1-24-18(15-6-9-17-14(11-15)3-2-10-21-17)22-23-19(24)25-12-13-4-7-16(20)8-5-13/h2-11H,12H2,1H3. The van der Waals surface area contributed by atoms with Crippen LogP contribution in [0.25, 0.3) is 22.3 Å². The highest BCUT2D eigenvalue weighted by Gasteiger charge is 2.12. The summed E-state index contributed by atoms with van der Waals surface area (Å²) >= 11 is 7.59. The minimum atomic E-state index is 0.750. The molecule has 4 rings (SSSR count). The summed E-state index contributed by atoms with van der Waals surface area (Å²) < 4.78 is 2.03. The van der Waals surface area contributed by atoms with Crippen LogP contribution in [0, 0.1) is 0 Å². The second-order valence-electron chi connectivity index (χ2n) is 5.69. The zero-order chi connectivity index (χ0) is 17.2. The van der Waals surface area contributed by atoms with Crippen LogP contribution >= 0.6 is 23.4 Å². The number of rotatable bonds is 4. The first kappa shape index (κ1) is 16.1. The second-order valence-corrected chi connectivity index (χ2v) is 7.07. The molecule has 0 radical (unpaired) electrons. The molecular weight excluding hydrogens is 352 g/mol. The maximum absolute atomic E-state index is 5.93. The predicted octanol–water partition coefficient (Wildman–Crippen LogP) is 4.98. The molecule has 0 aliphatic rings. The molecule has 0 saturated heterocycles. The molecule has 25 heavy (non-hydrogen) atoms. The Morgan fingerprint density at radius 1 is 1.04 bits per heavy atom. The van der Waals surface area contributed by atoms with Crippen LogP contribution in [0.3, 0.4) is 0 Å². The normalized spacial score (nSPS) is 11.1. The number of benzene rings is 2. The lowest BCUT2D eigenvalue weighted by Gasteiger charge is -2.05. The first-order chi connectivity index (χ1) is 12.2. The second kappa shape index (κ2) is 6.86. The Bertz CT molecular complexity index is 1030. The molecule has 0 fully saturated rings. The van der Waals surface area contributed by atoms with Crippen LogP contribution in [0.15, 0.2) is 66.0 Å². The van der Waals surface area contributed by atoms with Gasteiger partial charge in [-0.15, -0.1) is 10.2 Å². The lowest BCUT2D eigenvalue weighted by molar-refractivity contribution is 0.794. The van der Waals surface area contributed by atoms with Crippen molar-refractivity contribution in [2.24, 2.45) is 7.05 Å². The number of pyridine rings is 1.